The Morgan fingerprint density at radius 3 is 2.92 bits per heavy atom. The van der Waals surface area contributed by atoms with E-state index in [1.165, 1.54) is 0 Å². The Hall–Kier alpha value is -0.740. The van der Waals surface area contributed by atoms with Gasteiger partial charge in [-0.2, -0.15) is 4.39 Å². The molecule has 0 fully saturated rings. The van der Waals surface area contributed by atoms with E-state index < -0.39 is 18.7 Å². The standard InChI is InChI=1S/C7H6ClF2NO/c8-4-1-5(6(12)2-9)7(10)11-3-4/h1,3,6,12H,2H2/t6-/m0/s1. The third-order valence-electron chi connectivity index (χ3n) is 1.34. The maximum Gasteiger partial charge on any atom is 0.218 e. The Morgan fingerprint density at radius 2 is 2.33 bits per heavy atom. The van der Waals surface area contributed by atoms with Gasteiger partial charge < -0.3 is 5.11 Å². The van der Waals surface area contributed by atoms with Gasteiger partial charge in [-0.15, -0.1) is 0 Å². The van der Waals surface area contributed by atoms with E-state index in [-0.39, 0.29) is 10.6 Å². The van der Waals surface area contributed by atoms with Gasteiger partial charge in [0.05, 0.1) is 5.02 Å². The molecule has 12 heavy (non-hydrogen) atoms. The summed E-state index contributed by atoms with van der Waals surface area (Å²) in [6.45, 7) is -1.06. The monoisotopic (exact) mass is 193 g/mol. The largest absolute Gasteiger partial charge is 0.385 e. The molecule has 66 valence electrons. The number of rotatable bonds is 2. The number of hydrogen-bond acceptors (Lipinski definition) is 2. The van der Waals surface area contributed by atoms with Crippen molar-refractivity contribution in [3.05, 3.63) is 28.8 Å². The van der Waals surface area contributed by atoms with Crippen LogP contribution in [0.4, 0.5) is 8.78 Å². The zero-order chi connectivity index (χ0) is 9.14. The molecule has 1 atom stereocenters. The van der Waals surface area contributed by atoms with Crippen LogP contribution in [-0.4, -0.2) is 16.8 Å². The molecule has 0 aliphatic rings. The van der Waals surface area contributed by atoms with Gasteiger partial charge in [0.15, 0.2) is 0 Å². The third kappa shape index (κ3) is 1.89. The number of halogens is 3. The summed E-state index contributed by atoms with van der Waals surface area (Å²) >= 11 is 5.46. The summed E-state index contributed by atoms with van der Waals surface area (Å²) in [7, 11) is 0. The van der Waals surface area contributed by atoms with Crippen LogP contribution < -0.4 is 0 Å². The van der Waals surface area contributed by atoms with Gasteiger partial charge in [0.1, 0.15) is 12.8 Å². The molecule has 5 heteroatoms. The van der Waals surface area contributed by atoms with Crippen molar-refractivity contribution in [1.29, 1.82) is 0 Å². The smallest absolute Gasteiger partial charge is 0.218 e. The Labute approximate surface area is 72.8 Å². The molecule has 0 saturated carbocycles. The number of aromatic nitrogens is 1. The molecule has 0 unspecified atom stereocenters. The SMILES string of the molecule is O[C@@H](CF)c1cc(Cl)cnc1F. The molecular weight excluding hydrogens is 188 g/mol. The number of aliphatic hydroxyl groups is 1. The van der Waals surface area contributed by atoms with Gasteiger partial charge in [-0.25, -0.2) is 9.37 Å². The van der Waals surface area contributed by atoms with Crippen molar-refractivity contribution in [1.82, 2.24) is 4.98 Å². The second-order valence-corrected chi connectivity index (χ2v) is 2.64. The van der Waals surface area contributed by atoms with Gasteiger partial charge >= 0.3 is 0 Å². The molecule has 1 heterocycles. The lowest BCUT2D eigenvalue weighted by Gasteiger charge is -2.06. The van der Waals surface area contributed by atoms with Gasteiger partial charge in [0.25, 0.3) is 0 Å². The number of hydrogen-bond donors (Lipinski definition) is 1. The van der Waals surface area contributed by atoms with E-state index in [2.05, 4.69) is 4.98 Å². The first-order chi connectivity index (χ1) is 5.65. The molecule has 0 aliphatic carbocycles. The molecular formula is C7H6ClF2NO. The molecule has 2 nitrogen and oxygen atoms in total. The maximum atomic E-state index is 12.7. The van der Waals surface area contributed by atoms with Gasteiger partial charge in [-0.05, 0) is 6.07 Å². The summed E-state index contributed by atoms with van der Waals surface area (Å²) in [6.07, 6.45) is -0.401. The fourth-order valence-electron chi connectivity index (χ4n) is 0.755. The van der Waals surface area contributed by atoms with Crippen molar-refractivity contribution in [2.75, 3.05) is 6.67 Å². The third-order valence-corrected chi connectivity index (χ3v) is 1.54. The Kier molecular flexibility index (Phi) is 2.94. The van der Waals surface area contributed by atoms with Gasteiger partial charge in [-0.1, -0.05) is 11.6 Å². The lowest BCUT2D eigenvalue weighted by molar-refractivity contribution is 0.137. The topological polar surface area (TPSA) is 33.1 Å². The lowest BCUT2D eigenvalue weighted by atomic mass is 10.2. The van der Waals surface area contributed by atoms with Crippen LogP contribution in [0.1, 0.15) is 11.7 Å². The maximum absolute atomic E-state index is 12.7. The average Bonchev–Trinajstić information content (AvgIpc) is 2.08. The highest BCUT2D eigenvalue weighted by Gasteiger charge is 2.13. The first-order valence-electron chi connectivity index (χ1n) is 3.20. The Balaban J connectivity index is 3.04. The van der Waals surface area contributed by atoms with Crippen LogP contribution in [-0.2, 0) is 0 Å². The highest BCUT2D eigenvalue weighted by atomic mass is 35.5. The molecule has 0 saturated heterocycles. The Morgan fingerprint density at radius 1 is 1.67 bits per heavy atom. The molecule has 0 radical (unpaired) electrons. The van der Waals surface area contributed by atoms with Crippen LogP contribution in [0.3, 0.4) is 0 Å². The molecule has 1 rings (SSSR count). The van der Waals surface area contributed by atoms with Gasteiger partial charge in [0, 0.05) is 11.8 Å². The lowest BCUT2D eigenvalue weighted by Crippen LogP contribution is -2.03. The number of nitrogens with zero attached hydrogens (tertiary/aromatic N) is 1. The van der Waals surface area contributed by atoms with Crippen molar-refractivity contribution in [2.45, 2.75) is 6.10 Å². The van der Waals surface area contributed by atoms with E-state index in [0.717, 1.165) is 12.3 Å². The molecule has 0 amide bonds. The van der Waals surface area contributed by atoms with Crippen LogP contribution >= 0.6 is 11.6 Å². The fourth-order valence-corrected chi connectivity index (χ4v) is 0.921. The summed E-state index contributed by atoms with van der Waals surface area (Å²) in [5.41, 5.74) is -0.218. The molecule has 1 aromatic rings. The fraction of sp³-hybridized carbons (Fsp3) is 0.286. The van der Waals surface area contributed by atoms with Crippen molar-refractivity contribution in [3.8, 4) is 0 Å². The minimum Gasteiger partial charge on any atom is -0.385 e. The molecule has 0 spiro atoms. The predicted octanol–water partition coefficient (Wildman–Crippen LogP) is 1.88. The summed E-state index contributed by atoms with van der Waals surface area (Å²) in [5.74, 6) is -0.899. The molecule has 1 N–H and O–H groups in total. The summed E-state index contributed by atoms with van der Waals surface area (Å²) in [6, 6.07) is 1.15. The van der Waals surface area contributed by atoms with E-state index in [4.69, 9.17) is 16.7 Å². The van der Waals surface area contributed by atoms with Crippen LogP contribution in [0.25, 0.3) is 0 Å². The zero-order valence-electron chi connectivity index (χ0n) is 5.97. The first-order valence-corrected chi connectivity index (χ1v) is 3.58. The van der Waals surface area contributed by atoms with Crippen molar-refractivity contribution in [2.24, 2.45) is 0 Å². The van der Waals surface area contributed by atoms with E-state index in [1.54, 1.807) is 0 Å². The molecule has 1 aromatic heterocycles. The second kappa shape index (κ2) is 3.78. The van der Waals surface area contributed by atoms with E-state index in [0.29, 0.717) is 0 Å². The molecule has 0 aromatic carbocycles. The molecule has 0 bridgehead atoms. The minimum atomic E-state index is -1.49. The summed E-state index contributed by atoms with van der Waals surface area (Å²) < 4.78 is 24.6. The summed E-state index contributed by atoms with van der Waals surface area (Å²) in [4.78, 5) is 3.22. The second-order valence-electron chi connectivity index (χ2n) is 2.20. The van der Waals surface area contributed by atoms with Crippen molar-refractivity contribution in [3.63, 3.8) is 0 Å². The average molecular weight is 194 g/mol. The number of pyridine rings is 1. The quantitative estimate of drug-likeness (QED) is 0.728. The summed E-state index contributed by atoms with van der Waals surface area (Å²) in [5, 5.41) is 9.09. The van der Waals surface area contributed by atoms with Crippen LogP contribution in [0.15, 0.2) is 12.3 Å². The van der Waals surface area contributed by atoms with Gasteiger partial charge in [-0.3, -0.25) is 0 Å². The van der Waals surface area contributed by atoms with Crippen molar-refractivity contribution >= 4 is 11.6 Å². The van der Waals surface area contributed by atoms with Crippen LogP contribution in [0.2, 0.25) is 5.02 Å². The minimum absolute atomic E-state index is 0.166. The van der Waals surface area contributed by atoms with Crippen LogP contribution in [0, 0.1) is 5.95 Å². The predicted molar refractivity (Wildman–Crippen MR) is 40.1 cm³/mol. The first kappa shape index (κ1) is 9.35. The highest BCUT2D eigenvalue weighted by Crippen LogP contribution is 2.19. The zero-order valence-corrected chi connectivity index (χ0v) is 6.72. The van der Waals surface area contributed by atoms with E-state index >= 15 is 0 Å². The van der Waals surface area contributed by atoms with E-state index in [1.807, 2.05) is 0 Å². The highest BCUT2D eigenvalue weighted by molar-refractivity contribution is 6.30. The number of alkyl halides is 1. The Bertz CT molecular complexity index is 282. The van der Waals surface area contributed by atoms with Crippen molar-refractivity contribution < 1.29 is 13.9 Å². The van der Waals surface area contributed by atoms with Crippen LogP contribution in [0.5, 0.6) is 0 Å². The number of aliphatic hydroxyl groups excluding tert-OH is 1. The molecule has 0 aliphatic heterocycles. The normalized spacial score (nSPS) is 13.0. The van der Waals surface area contributed by atoms with E-state index in [9.17, 15) is 8.78 Å². The van der Waals surface area contributed by atoms with Gasteiger partial charge in [0.2, 0.25) is 5.95 Å².